The molecule has 1 aliphatic heterocycles. The van der Waals surface area contributed by atoms with Gasteiger partial charge in [0.15, 0.2) is 0 Å². The van der Waals surface area contributed by atoms with Crippen molar-refractivity contribution in [2.75, 3.05) is 18.0 Å². The van der Waals surface area contributed by atoms with Crippen LogP contribution in [-0.2, 0) is 0 Å². The number of hydrogen-bond acceptors (Lipinski definition) is 3. The molecular formula is C19H22N2OS. The Labute approximate surface area is 141 Å². The van der Waals surface area contributed by atoms with Crippen LogP contribution in [0.25, 0.3) is 0 Å². The third-order valence-corrected chi connectivity index (χ3v) is 5.80. The summed E-state index contributed by atoms with van der Waals surface area (Å²) in [6.45, 7) is 2.02. The van der Waals surface area contributed by atoms with Gasteiger partial charge >= 0.3 is 0 Å². The standard InChI is InChI=1S/C19H22N2OS/c22-19(18-17(10-13-23-18)14-6-7-14)20-15-8-11-21(12-9-15)16-4-2-1-3-5-16/h1-5,10,13-15H,6-9,11-12H2,(H,20,22). The molecule has 0 spiro atoms. The predicted molar refractivity (Wildman–Crippen MR) is 95.4 cm³/mol. The highest BCUT2D eigenvalue weighted by atomic mass is 32.1. The van der Waals surface area contributed by atoms with E-state index in [0.717, 1.165) is 30.8 Å². The maximum atomic E-state index is 12.6. The molecule has 2 fully saturated rings. The quantitative estimate of drug-likeness (QED) is 0.920. The molecule has 2 aromatic rings. The second-order valence-electron chi connectivity index (χ2n) is 6.55. The predicted octanol–water partition coefficient (Wildman–Crippen LogP) is 4.02. The summed E-state index contributed by atoms with van der Waals surface area (Å²) < 4.78 is 0. The third kappa shape index (κ3) is 3.27. The van der Waals surface area contributed by atoms with Gasteiger partial charge in [0.1, 0.15) is 0 Å². The van der Waals surface area contributed by atoms with Crippen LogP contribution in [0.2, 0.25) is 0 Å². The first kappa shape index (κ1) is 14.8. The zero-order chi connectivity index (χ0) is 15.6. The smallest absolute Gasteiger partial charge is 0.261 e. The Bertz CT molecular complexity index is 670. The molecular weight excluding hydrogens is 304 g/mol. The van der Waals surface area contributed by atoms with Crippen molar-refractivity contribution in [3.8, 4) is 0 Å². The lowest BCUT2D eigenvalue weighted by molar-refractivity contribution is 0.0934. The van der Waals surface area contributed by atoms with Crippen LogP contribution in [0, 0.1) is 0 Å². The van der Waals surface area contributed by atoms with Gasteiger partial charge in [-0.2, -0.15) is 0 Å². The summed E-state index contributed by atoms with van der Waals surface area (Å²) in [5, 5.41) is 5.32. The van der Waals surface area contributed by atoms with Crippen LogP contribution < -0.4 is 10.2 Å². The number of benzene rings is 1. The highest BCUT2D eigenvalue weighted by Crippen LogP contribution is 2.43. The number of nitrogens with zero attached hydrogens (tertiary/aromatic N) is 1. The second kappa shape index (κ2) is 6.36. The minimum atomic E-state index is 0.139. The fraction of sp³-hybridized carbons (Fsp3) is 0.421. The van der Waals surface area contributed by atoms with Crippen LogP contribution in [0.15, 0.2) is 41.8 Å². The lowest BCUT2D eigenvalue weighted by Crippen LogP contribution is -2.44. The van der Waals surface area contributed by atoms with Crippen LogP contribution in [-0.4, -0.2) is 25.0 Å². The Morgan fingerprint density at radius 1 is 1.04 bits per heavy atom. The van der Waals surface area contributed by atoms with Gasteiger partial charge in [0.25, 0.3) is 5.91 Å². The van der Waals surface area contributed by atoms with Crippen molar-refractivity contribution < 1.29 is 4.79 Å². The first-order valence-corrected chi connectivity index (χ1v) is 9.37. The number of carbonyl (C=O) groups excluding carboxylic acids is 1. The fourth-order valence-electron chi connectivity index (χ4n) is 3.39. The van der Waals surface area contributed by atoms with Crippen LogP contribution in [0.5, 0.6) is 0 Å². The van der Waals surface area contributed by atoms with E-state index in [1.54, 1.807) is 11.3 Å². The Balaban J connectivity index is 1.34. The third-order valence-electron chi connectivity index (χ3n) is 4.87. The molecule has 1 saturated carbocycles. The molecule has 3 nitrogen and oxygen atoms in total. The fourth-order valence-corrected chi connectivity index (χ4v) is 4.28. The van der Waals surface area contributed by atoms with Gasteiger partial charge in [-0.1, -0.05) is 18.2 Å². The Morgan fingerprint density at radius 2 is 1.78 bits per heavy atom. The van der Waals surface area contributed by atoms with Crippen molar-refractivity contribution in [2.24, 2.45) is 0 Å². The number of hydrogen-bond donors (Lipinski definition) is 1. The van der Waals surface area contributed by atoms with Gasteiger partial charge in [-0.25, -0.2) is 0 Å². The molecule has 2 heterocycles. The number of piperidine rings is 1. The van der Waals surface area contributed by atoms with Gasteiger partial charge in [-0.05, 0) is 60.7 Å². The number of nitrogens with one attached hydrogen (secondary N) is 1. The van der Waals surface area contributed by atoms with E-state index in [4.69, 9.17) is 0 Å². The Morgan fingerprint density at radius 3 is 2.48 bits per heavy atom. The van der Waals surface area contributed by atoms with Crippen LogP contribution in [0.3, 0.4) is 0 Å². The minimum Gasteiger partial charge on any atom is -0.371 e. The van der Waals surface area contributed by atoms with Gasteiger partial charge in [0.05, 0.1) is 4.88 Å². The molecule has 1 aromatic carbocycles. The summed E-state index contributed by atoms with van der Waals surface area (Å²) in [6.07, 6.45) is 4.52. The van der Waals surface area contributed by atoms with E-state index in [1.807, 2.05) is 0 Å². The Kier molecular flexibility index (Phi) is 4.08. The second-order valence-corrected chi connectivity index (χ2v) is 7.47. The summed E-state index contributed by atoms with van der Waals surface area (Å²) in [7, 11) is 0. The zero-order valence-corrected chi connectivity index (χ0v) is 14.0. The number of rotatable bonds is 4. The molecule has 1 N–H and O–H groups in total. The normalized spacial score (nSPS) is 18.9. The van der Waals surface area contributed by atoms with E-state index < -0.39 is 0 Å². The van der Waals surface area contributed by atoms with E-state index in [0.29, 0.717) is 12.0 Å². The molecule has 1 aliphatic carbocycles. The molecule has 23 heavy (non-hydrogen) atoms. The molecule has 4 rings (SSSR count). The zero-order valence-electron chi connectivity index (χ0n) is 13.2. The molecule has 0 unspecified atom stereocenters. The summed E-state index contributed by atoms with van der Waals surface area (Å²) >= 11 is 1.59. The van der Waals surface area contributed by atoms with Gasteiger partial charge in [0.2, 0.25) is 0 Å². The summed E-state index contributed by atoms with van der Waals surface area (Å²) in [6, 6.07) is 13.0. The number of para-hydroxylation sites is 1. The molecule has 4 heteroatoms. The van der Waals surface area contributed by atoms with Crippen molar-refractivity contribution in [3.63, 3.8) is 0 Å². The Hall–Kier alpha value is -1.81. The molecule has 1 saturated heterocycles. The number of carbonyl (C=O) groups is 1. The van der Waals surface area contributed by atoms with Gasteiger partial charge in [0, 0.05) is 24.8 Å². The van der Waals surface area contributed by atoms with E-state index in [2.05, 4.69) is 52.0 Å². The summed E-state index contributed by atoms with van der Waals surface area (Å²) in [5.41, 5.74) is 2.56. The van der Waals surface area contributed by atoms with Gasteiger partial charge < -0.3 is 10.2 Å². The van der Waals surface area contributed by atoms with Crippen molar-refractivity contribution >= 4 is 22.9 Å². The van der Waals surface area contributed by atoms with Crippen molar-refractivity contribution in [1.82, 2.24) is 5.32 Å². The molecule has 0 bridgehead atoms. The molecule has 1 aromatic heterocycles. The van der Waals surface area contributed by atoms with Crippen LogP contribution in [0.4, 0.5) is 5.69 Å². The molecule has 2 aliphatic rings. The minimum absolute atomic E-state index is 0.139. The topological polar surface area (TPSA) is 32.3 Å². The first-order chi connectivity index (χ1) is 11.3. The highest BCUT2D eigenvalue weighted by Gasteiger charge is 2.30. The van der Waals surface area contributed by atoms with Gasteiger partial charge in [-0.15, -0.1) is 11.3 Å². The van der Waals surface area contributed by atoms with E-state index in [-0.39, 0.29) is 5.91 Å². The van der Waals surface area contributed by atoms with Crippen molar-refractivity contribution in [3.05, 3.63) is 52.2 Å². The van der Waals surface area contributed by atoms with Gasteiger partial charge in [-0.3, -0.25) is 4.79 Å². The van der Waals surface area contributed by atoms with Crippen LogP contribution >= 0.6 is 11.3 Å². The molecule has 1 amide bonds. The van der Waals surface area contributed by atoms with Crippen molar-refractivity contribution in [2.45, 2.75) is 37.6 Å². The van der Waals surface area contributed by atoms with Crippen molar-refractivity contribution in [1.29, 1.82) is 0 Å². The molecule has 120 valence electrons. The summed E-state index contributed by atoms with van der Waals surface area (Å²) in [5.74, 6) is 0.780. The average Bonchev–Trinajstić information content (AvgIpc) is 3.33. The van der Waals surface area contributed by atoms with E-state index in [1.165, 1.54) is 24.1 Å². The van der Waals surface area contributed by atoms with E-state index in [9.17, 15) is 4.79 Å². The SMILES string of the molecule is O=C(NC1CCN(c2ccccc2)CC1)c1sccc1C1CC1. The summed E-state index contributed by atoms with van der Waals surface area (Å²) in [4.78, 5) is 15.9. The highest BCUT2D eigenvalue weighted by molar-refractivity contribution is 7.12. The molecule has 0 atom stereocenters. The largest absolute Gasteiger partial charge is 0.371 e. The monoisotopic (exact) mass is 326 g/mol. The first-order valence-electron chi connectivity index (χ1n) is 8.49. The maximum Gasteiger partial charge on any atom is 0.261 e. The lowest BCUT2D eigenvalue weighted by Gasteiger charge is -2.34. The molecule has 0 radical (unpaired) electrons. The maximum absolute atomic E-state index is 12.6. The lowest BCUT2D eigenvalue weighted by atomic mass is 10.0. The average molecular weight is 326 g/mol. The van der Waals surface area contributed by atoms with E-state index >= 15 is 0 Å². The number of thiophene rings is 1. The van der Waals surface area contributed by atoms with Crippen LogP contribution in [0.1, 0.15) is 46.8 Å². The number of amides is 1. The number of anilines is 1.